The van der Waals surface area contributed by atoms with Gasteiger partial charge in [-0.05, 0) is 19.1 Å². The molecule has 0 aliphatic carbocycles. The van der Waals surface area contributed by atoms with E-state index in [4.69, 9.17) is 9.68 Å². The first-order valence-electron chi connectivity index (χ1n) is 6.30. The van der Waals surface area contributed by atoms with Gasteiger partial charge in [-0.1, -0.05) is 0 Å². The number of nitrogens with one attached hydrogen (secondary N) is 1. The van der Waals surface area contributed by atoms with Crippen LogP contribution in [0.1, 0.15) is 11.3 Å². The maximum Gasteiger partial charge on any atom is 0.419 e. The van der Waals surface area contributed by atoms with E-state index in [-0.39, 0.29) is 11.3 Å². The lowest BCUT2D eigenvalue weighted by Gasteiger charge is -2.09. The van der Waals surface area contributed by atoms with Crippen LogP contribution >= 0.6 is 0 Å². The molecule has 8 heteroatoms. The van der Waals surface area contributed by atoms with Gasteiger partial charge in [-0.25, -0.2) is 9.59 Å². The molecule has 1 aromatic carbocycles. The topological polar surface area (TPSA) is 114 Å². The van der Waals surface area contributed by atoms with Crippen molar-refractivity contribution in [3.63, 3.8) is 0 Å². The number of rotatable bonds is 1. The van der Waals surface area contributed by atoms with Gasteiger partial charge in [0.15, 0.2) is 5.58 Å². The number of aromatic amines is 1. The highest BCUT2D eigenvalue weighted by atomic mass is 16.4. The van der Waals surface area contributed by atoms with Gasteiger partial charge in [0.25, 0.3) is 5.56 Å². The Balaban J connectivity index is 2.38. The van der Waals surface area contributed by atoms with Crippen LogP contribution in [0.4, 0.5) is 0 Å². The number of hydrogen-bond donors (Lipinski definition) is 1. The third kappa shape index (κ3) is 1.80. The van der Waals surface area contributed by atoms with Crippen LogP contribution in [0.25, 0.3) is 16.8 Å². The largest absolute Gasteiger partial charge is 0.419 e. The van der Waals surface area contributed by atoms with Crippen molar-refractivity contribution in [2.75, 3.05) is 0 Å². The fourth-order valence-corrected chi connectivity index (χ4v) is 2.35. The molecule has 0 atom stereocenters. The zero-order chi connectivity index (χ0) is 16.0. The molecule has 1 N–H and O–H groups in total. The Morgan fingerprint density at radius 3 is 2.68 bits per heavy atom. The molecule has 22 heavy (non-hydrogen) atoms. The van der Waals surface area contributed by atoms with Crippen LogP contribution < -0.4 is 17.0 Å². The molecule has 0 aliphatic heterocycles. The van der Waals surface area contributed by atoms with Crippen LogP contribution in [0.3, 0.4) is 0 Å². The van der Waals surface area contributed by atoms with E-state index < -0.39 is 17.0 Å². The molecule has 0 bridgehead atoms. The summed E-state index contributed by atoms with van der Waals surface area (Å²) in [4.78, 5) is 37.2. The summed E-state index contributed by atoms with van der Waals surface area (Å²) in [6.07, 6.45) is 0. The van der Waals surface area contributed by atoms with Gasteiger partial charge < -0.3 is 4.42 Å². The van der Waals surface area contributed by atoms with Gasteiger partial charge in [0, 0.05) is 18.8 Å². The predicted molar refractivity (Wildman–Crippen MR) is 77.1 cm³/mol. The van der Waals surface area contributed by atoms with Crippen molar-refractivity contribution < 1.29 is 4.42 Å². The van der Waals surface area contributed by atoms with Crippen LogP contribution in [0.5, 0.6) is 0 Å². The molecule has 0 spiro atoms. The van der Waals surface area contributed by atoms with Gasteiger partial charge in [0.05, 0.1) is 11.2 Å². The minimum atomic E-state index is -0.728. The molecule has 0 fully saturated rings. The second-order valence-corrected chi connectivity index (χ2v) is 4.75. The van der Waals surface area contributed by atoms with Crippen molar-refractivity contribution in [3.8, 4) is 11.8 Å². The lowest BCUT2D eigenvalue weighted by molar-refractivity contribution is 0.528. The molecule has 0 unspecified atom stereocenters. The second kappa shape index (κ2) is 4.60. The summed E-state index contributed by atoms with van der Waals surface area (Å²) >= 11 is 0. The summed E-state index contributed by atoms with van der Waals surface area (Å²) < 4.78 is 7.60. The fraction of sp³-hybridized carbons (Fsp3) is 0.143. The Kier molecular flexibility index (Phi) is 2.85. The van der Waals surface area contributed by atoms with Gasteiger partial charge in [-0.15, -0.1) is 0 Å². The summed E-state index contributed by atoms with van der Waals surface area (Å²) in [5, 5.41) is 9.02. The van der Waals surface area contributed by atoms with Crippen molar-refractivity contribution >= 4 is 11.1 Å². The predicted octanol–water partition coefficient (Wildman–Crippen LogP) is 0.151. The van der Waals surface area contributed by atoms with Gasteiger partial charge >= 0.3 is 11.4 Å². The molecule has 110 valence electrons. The van der Waals surface area contributed by atoms with Crippen LogP contribution in [-0.2, 0) is 7.05 Å². The lowest BCUT2D eigenvalue weighted by atomic mass is 10.2. The van der Waals surface area contributed by atoms with Gasteiger partial charge in [-0.2, -0.15) is 5.26 Å². The Labute approximate surface area is 122 Å². The molecule has 0 radical (unpaired) electrons. The smallest absolute Gasteiger partial charge is 0.408 e. The summed E-state index contributed by atoms with van der Waals surface area (Å²) in [7, 11) is 1.57. The number of oxazole rings is 1. The van der Waals surface area contributed by atoms with Gasteiger partial charge in [-0.3, -0.25) is 18.9 Å². The first-order chi connectivity index (χ1) is 10.4. The van der Waals surface area contributed by atoms with Gasteiger partial charge in [0.1, 0.15) is 11.6 Å². The highest BCUT2D eigenvalue weighted by molar-refractivity contribution is 5.75. The van der Waals surface area contributed by atoms with E-state index in [1.165, 1.54) is 22.1 Å². The van der Waals surface area contributed by atoms with E-state index in [0.717, 1.165) is 0 Å². The second-order valence-electron chi connectivity index (χ2n) is 4.75. The first kappa shape index (κ1) is 13.6. The number of aromatic nitrogens is 3. The monoisotopic (exact) mass is 298 g/mol. The normalized spacial score (nSPS) is 10.8. The van der Waals surface area contributed by atoms with Crippen molar-refractivity contribution in [2.45, 2.75) is 6.92 Å². The molecule has 0 aliphatic rings. The quantitative estimate of drug-likeness (QED) is 0.687. The molecular weight excluding hydrogens is 288 g/mol. The third-order valence-corrected chi connectivity index (χ3v) is 3.49. The average molecular weight is 298 g/mol. The Hall–Kier alpha value is -3.34. The van der Waals surface area contributed by atoms with E-state index >= 15 is 0 Å². The fourth-order valence-electron chi connectivity index (χ4n) is 2.35. The maximum absolute atomic E-state index is 12.0. The van der Waals surface area contributed by atoms with Crippen molar-refractivity contribution in [3.05, 3.63) is 60.8 Å². The molecule has 0 saturated heterocycles. The maximum atomic E-state index is 12.0. The minimum absolute atomic E-state index is 0.144. The zero-order valence-electron chi connectivity index (χ0n) is 11.7. The number of hydrogen-bond acceptors (Lipinski definition) is 5. The number of aryl methyl sites for hydroxylation is 1. The molecule has 3 aromatic rings. The van der Waals surface area contributed by atoms with E-state index in [2.05, 4.69) is 4.98 Å². The summed E-state index contributed by atoms with van der Waals surface area (Å²) in [6, 6.07) is 6.50. The number of nitriles is 1. The van der Waals surface area contributed by atoms with Crippen LogP contribution in [-0.4, -0.2) is 14.1 Å². The number of benzene rings is 1. The number of H-pyrrole nitrogens is 1. The van der Waals surface area contributed by atoms with Crippen molar-refractivity contribution in [2.24, 2.45) is 7.05 Å². The molecule has 3 rings (SSSR count). The number of nitrogens with zero attached hydrogens (tertiary/aromatic N) is 3. The molecule has 0 saturated carbocycles. The Morgan fingerprint density at radius 2 is 2.00 bits per heavy atom. The Bertz CT molecular complexity index is 1120. The number of fused-ring (bicyclic) bond motifs is 1. The van der Waals surface area contributed by atoms with Crippen LogP contribution in [0, 0.1) is 18.3 Å². The summed E-state index contributed by atoms with van der Waals surface area (Å²) in [5.74, 6) is -0.518. The highest BCUT2D eigenvalue weighted by Crippen LogP contribution is 2.17. The lowest BCUT2D eigenvalue weighted by Crippen LogP contribution is -2.32. The van der Waals surface area contributed by atoms with E-state index in [1.54, 1.807) is 25.2 Å². The van der Waals surface area contributed by atoms with E-state index in [0.29, 0.717) is 16.8 Å². The Morgan fingerprint density at radius 1 is 1.27 bits per heavy atom. The molecule has 8 nitrogen and oxygen atoms in total. The SMILES string of the molecule is Cc1c(C#N)c(=O)[nH]c(=O)n1-c1ccc2c(c1)oc(=O)n2C. The van der Waals surface area contributed by atoms with Crippen molar-refractivity contribution in [1.29, 1.82) is 5.26 Å². The highest BCUT2D eigenvalue weighted by Gasteiger charge is 2.14. The summed E-state index contributed by atoms with van der Waals surface area (Å²) in [5.41, 5.74) is -0.0571. The van der Waals surface area contributed by atoms with E-state index in [1.807, 2.05) is 0 Å². The third-order valence-electron chi connectivity index (χ3n) is 3.49. The first-order valence-corrected chi connectivity index (χ1v) is 6.30. The van der Waals surface area contributed by atoms with Crippen molar-refractivity contribution in [1.82, 2.24) is 14.1 Å². The minimum Gasteiger partial charge on any atom is -0.408 e. The summed E-state index contributed by atoms with van der Waals surface area (Å²) in [6.45, 7) is 1.50. The molecule has 2 heterocycles. The molecule has 2 aromatic heterocycles. The van der Waals surface area contributed by atoms with E-state index in [9.17, 15) is 14.4 Å². The average Bonchev–Trinajstić information content (AvgIpc) is 2.73. The zero-order valence-corrected chi connectivity index (χ0v) is 11.7. The van der Waals surface area contributed by atoms with Crippen LogP contribution in [0.2, 0.25) is 0 Å². The standard InChI is InChI=1S/C14H10N4O4/c1-7-9(6-15)12(19)16-13(20)18(7)8-3-4-10-11(5-8)22-14(21)17(10)2/h3-5H,1-2H3,(H,16,19,20). The van der Waals surface area contributed by atoms with Gasteiger partial charge in [0.2, 0.25) is 0 Å². The van der Waals surface area contributed by atoms with Crippen LogP contribution in [0.15, 0.2) is 37.0 Å². The molecule has 0 amide bonds. The molecular formula is C14H10N4O4.